The van der Waals surface area contributed by atoms with Gasteiger partial charge in [-0.05, 0) is 17.7 Å². The molecule has 0 atom stereocenters. The van der Waals surface area contributed by atoms with E-state index in [4.69, 9.17) is 0 Å². The Hall–Kier alpha value is -2.64. The average molecular weight is 395 g/mol. The van der Waals surface area contributed by atoms with E-state index in [-0.39, 0.29) is 4.87 Å². The van der Waals surface area contributed by atoms with Crippen LogP contribution in [-0.4, -0.2) is 25.1 Å². The third-order valence-electron chi connectivity index (χ3n) is 4.22. The first-order valence-electron chi connectivity index (χ1n) is 8.53. The maximum Gasteiger partial charge on any atom is 0.308 e. The molecule has 27 heavy (non-hydrogen) atoms. The molecule has 5 nitrogen and oxygen atoms in total. The van der Waals surface area contributed by atoms with Gasteiger partial charge in [-0.15, -0.1) is 10.2 Å². The Bertz CT molecular complexity index is 1140. The molecule has 0 aliphatic rings. The Balaban J connectivity index is 1.47. The zero-order valence-electron chi connectivity index (χ0n) is 14.8. The van der Waals surface area contributed by atoms with Crippen LogP contribution in [0.15, 0.2) is 70.6 Å². The summed E-state index contributed by atoms with van der Waals surface area (Å²) < 4.78 is 4.71. The van der Waals surface area contributed by atoms with E-state index in [0.717, 1.165) is 27.0 Å². The van der Waals surface area contributed by atoms with Gasteiger partial charge in [-0.25, -0.2) is 0 Å². The number of aromatic nitrogens is 4. The average Bonchev–Trinajstić information content (AvgIpc) is 3.20. The van der Waals surface area contributed by atoms with Crippen LogP contribution in [0.1, 0.15) is 11.4 Å². The van der Waals surface area contributed by atoms with Gasteiger partial charge in [0.15, 0.2) is 11.0 Å². The SMILES string of the molecule is Cn1c(Cn2c(=O)sc3ccccc32)nnc1SC/C=C/c1ccccc1. The number of benzene rings is 2. The van der Waals surface area contributed by atoms with Gasteiger partial charge in [-0.3, -0.25) is 9.36 Å². The van der Waals surface area contributed by atoms with Gasteiger partial charge in [-0.2, -0.15) is 0 Å². The van der Waals surface area contributed by atoms with Crippen LogP contribution < -0.4 is 4.87 Å². The van der Waals surface area contributed by atoms with Gasteiger partial charge in [0.25, 0.3) is 0 Å². The van der Waals surface area contributed by atoms with E-state index in [2.05, 4.69) is 34.5 Å². The maximum atomic E-state index is 12.3. The number of hydrogen-bond acceptors (Lipinski definition) is 5. The van der Waals surface area contributed by atoms with Gasteiger partial charge in [0.2, 0.25) is 0 Å². The topological polar surface area (TPSA) is 52.7 Å². The molecule has 4 aromatic rings. The summed E-state index contributed by atoms with van der Waals surface area (Å²) in [7, 11) is 1.94. The second kappa shape index (κ2) is 7.94. The van der Waals surface area contributed by atoms with E-state index in [1.807, 2.05) is 54.1 Å². The first kappa shape index (κ1) is 17.8. The minimum absolute atomic E-state index is 0.0270. The van der Waals surface area contributed by atoms with Crippen molar-refractivity contribution in [3.63, 3.8) is 0 Å². The molecule has 2 aromatic carbocycles. The Morgan fingerprint density at radius 1 is 1.07 bits per heavy atom. The molecule has 7 heteroatoms. The summed E-state index contributed by atoms with van der Waals surface area (Å²) in [5.74, 6) is 1.58. The largest absolute Gasteiger partial charge is 0.308 e. The molecule has 0 radical (unpaired) electrons. The molecule has 0 bridgehead atoms. The van der Waals surface area contributed by atoms with Crippen molar-refractivity contribution in [2.45, 2.75) is 11.7 Å². The van der Waals surface area contributed by atoms with E-state index >= 15 is 0 Å². The summed E-state index contributed by atoms with van der Waals surface area (Å²) in [5, 5.41) is 9.41. The molecule has 0 amide bonds. The molecular formula is C20H18N4OS2. The minimum atomic E-state index is 0.0270. The fraction of sp³-hybridized carbons (Fsp3) is 0.150. The van der Waals surface area contributed by atoms with Crippen LogP contribution in [0, 0.1) is 0 Å². The number of rotatable bonds is 6. The lowest BCUT2D eigenvalue weighted by molar-refractivity contribution is 0.682. The molecule has 0 aliphatic heterocycles. The molecule has 0 aliphatic carbocycles. The first-order valence-corrected chi connectivity index (χ1v) is 10.3. The van der Waals surface area contributed by atoms with Crippen molar-refractivity contribution in [3.05, 3.63) is 81.7 Å². The number of nitrogens with zero attached hydrogens (tertiary/aromatic N) is 4. The van der Waals surface area contributed by atoms with E-state index in [1.54, 1.807) is 16.3 Å². The summed E-state index contributed by atoms with van der Waals surface area (Å²) in [6.45, 7) is 0.423. The third kappa shape index (κ3) is 3.89. The lowest BCUT2D eigenvalue weighted by Gasteiger charge is -2.04. The van der Waals surface area contributed by atoms with Crippen molar-refractivity contribution in [1.82, 2.24) is 19.3 Å². The van der Waals surface area contributed by atoms with E-state index in [0.29, 0.717) is 6.54 Å². The van der Waals surface area contributed by atoms with Gasteiger partial charge in [0.05, 0.1) is 16.8 Å². The summed E-state index contributed by atoms with van der Waals surface area (Å²) in [5.41, 5.74) is 2.12. The van der Waals surface area contributed by atoms with Crippen molar-refractivity contribution in [2.24, 2.45) is 7.05 Å². The van der Waals surface area contributed by atoms with E-state index < -0.39 is 0 Å². The summed E-state index contributed by atoms with van der Waals surface area (Å²) in [6, 6.07) is 18.0. The van der Waals surface area contributed by atoms with Crippen LogP contribution in [0.5, 0.6) is 0 Å². The highest BCUT2D eigenvalue weighted by atomic mass is 32.2. The summed E-state index contributed by atoms with van der Waals surface area (Å²) in [6.07, 6.45) is 4.21. The smallest absolute Gasteiger partial charge is 0.308 e. The van der Waals surface area contributed by atoms with Crippen molar-refractivity contribution in [2.75, 3.05) is 5.75 Å². The van der Waals surface area contributed by atoms with Gasteiger partial charge in [0, 0.05) is 12.8 Å². The summed E-state index contributed by atoms with van der Waals surface area (Å²) >= 11 is 2.89. The minimum Gasteiger partial charge on any atom is -0.308 e. The number of fused-ring (bicyclic) bond motifs is 1. The number of thiazole rings is 1. The molecule has 136 valence electrons. The Morgan fingerprint density at radius 3 is 2.70 bits per heavy atom. The zero-order valence-corrected chi connectivity index (χ0v) is 16.4. The molecule has 2 aromatic heterocycles. The maximum absolute atomic E-state index is 12.3. The monoisotopic (exact) mass is 394 g/mol. The van der Waals surface area contributed by atoms with Crippen LogP contribution >= 0.6 is 23.1 Å². The van der Waals surface area contributed by atoms with E-state index in [9.17, 15) is 4.79 Å². The highest BCUT2D eigenvalue weighted by Crippen LogP contribution is 2.20. The van der Waals surface area contributed by atoms with Crippen LogP contribution in [0.25, 0.3) is 16.3 Å². The molecule has 2 heterocycles. The van der Waals surface area contributed by atoms with Crippen molar-refractivity contribution in [3.8, 4) is 0 Å². The number of para-hydroxylation sites is 1. The first-order chi connectivity index (χ1) is 13.2. The van der Waals surface area contributed by atoms with Crippen molar-refractivity contribution >= 4 is 39.4 Å². The van der Waals surface area contributed by atoms with Crippen LogP contribution in [-0.2, 0) is 13.6 Å². The van der Waals surface area contributed by atoms with Crippen molar-refractivity contribution in [1.29, 1.82) is 0 Å². The lowest BCUT2D eigenvalue weighted by atomic mass is 10.2. The molecular weight excluding hydrogens is 376 g/mol. The molecule has 4 rings (SSSR count). The van der Waals surface area contributed by atoms with Crippen LogP contribution in [0.2, 0.25) is 0 Å². The molecule has 0 unspecified atom stereocenters. The lowest BCUT2D eigenvalue weighted by Crippen LogP contribution is -2.16. The fourth-order valence-corrected chi connectivity index (χ4v) is 4.41. The number of thioether (sulfide) groups is 1. The fourth-order valence-electron chi connectivity index (χ4n) is 2.78. The molecule has 0 saturated heterocycles. The van der Waals surface area contributed by atoms with E-state index in [1.165, 1.54) is 16.9 Å². The van der Waals surface area contributed by atoms with Crippen LogP contribution in [0.3, 0.4) is 0 Å². The Kier molecular flexibility index (Phi) is 5.22. The quantitative estimate of drug-likeness (QED) is 0.463. The highest BCUT2D eigenvalue weighted by Gasteiger charge is 2.13. The molecule has 0 N–H and O–H groups in total. The Morgan fingerprint density at radius 2 is 1.85 bits per heavy atom. The standard InChI is InChI=1S/C20H18N4OS2/c1-23-18(14-24-16-11-5-6-12-17(16)27-20(24)25)21-22-19(23)26-13-7-10-15-8-3-2-4-9-15/h2-12H,13-14H2,1H3/b10-7+. The third-order valence-corrected chi connectivity index (χ3v) is 6.15. The highest BCUT2D eigenvalue weighted by molar-refractivity contribution is 7.99. The predicted molar refractivity (Wildman–Crippen MR) is 112 cm³/mol. The predicted octanol–water partition coefficient (Wildman–Crippen LogP) is 4.05. The molecule has 0 fully saturated rings. The summed E-state index contributed by atoms with van der Waals surface area (Å²) in [4.78, 5) is 12.3. The molecule has 0 spiro atoms. The van der Waals surface area contributed by atoms with Gasteiger partial charge in [-0.1, -0.05) is 77.7 Å². The Labute approximate surface area is 165 Å². The number of hydrogen-bond donors (Lipinski definition) is 0. The zero-order chi connectivity index (χ0) is 18.6. The second-order valence-electron chi connectivity index (χ2n) is 6.00. The van der Waals surface area contributed by atoms with Gasteiger partial charge in [0.1, 0.15) is 0 Å². The van der Waals surface area contributed by atoms with Gasteiger partial charge < -0.3 is 4.57 Å². The van der Waals surface area contributed by atoms with Crippen LogP contribution in [0.4, 0.5) is 0 Å². The molecule has 0 saturated carbocycles. The normalized spacial score (nSPS) is 11.6. The van der Waals surface area contributed by atoms with Gasteiger partial charge >= 0.3 is 4.87 Å². The second-order valence-corrected chi connectivity index (χ2v) is 7.98. The van der Waals surface area contributed by atoms with Crippen molar-refractivity contribution < 1.29 is 0 Å².